The molecule has 38 heavy (non-hydrogen) atoms. The fourth-order valence-electron chi connectivity index (χ4n) is 5.33. The van der Waals surface area contributed by atoms with Crippen molar-refractivity contribution in [3.05, 3.63) is 89.1 Å². The van der Waals surface area contributed by atoms with Gasteiger partial charge in [-0.1, -0.05) is 43.3 Å². The van der Waals surface area contributed by atoms with E-state index in [1.54, 1.807) is 7.11 Å². The predicted octanol–water partition coefficient (Wildman–Crippen LogP) is 7.25. The van der Waals surface area contributed by atoms with E-state index < -0.39 is 0 Å². The number of carbonyl (C=O) groups is 1. The van der Waals surface area contributed by atoms with Crippen molar-refractivity contribution in [1.82, 2.24) is 0 Å². The summed E-state index contributed by atoms with van der Waals surface area (Å²) in [7, 11) is 1.65. The topological polar surface area (TPSA) is 68.8 Å². The van der Waals surface area contributed by atoms with Crippen LogP contribution in [0.4, 0.5) is 11.4 Å². The highest BCUT2D eigenvalue weighted by Gasteiger charge is 2.37. The molecule has 3 aromatic carbocycles. The number of carbonyl (C=O) groups excluding carboxylic acids is 1. The summed E-state index contributed by atoms with van der Waals surface area (Å²) < 4.78 is 17.7. The molecule has 198 valence electrons. The minimum Gasteiger partial charge on any atom is -0.493 e. The number of allylic oxidation sites excluding steroid dienone is 1. The Morgan fingerprint density at radius 2 is 1.71 bits per heavy atom. The SMILES string of the molecule is CCCOc1c(OC)cccc1C1Nc2ccccc2NC2=C1C(=O)CC(c1ccc(OC(C)C)cc1)C2. The molecule has 3 aromatic rings. The van der Waals surface area contributed by atoms with E-state index in [9.17, 15) is 4.79 Å². The van der Waals surface area contributed by atoms with Crippen LogP contribution in [0, 0.1) is 0 Å². The van der Waals surface area contributed by atoms with Crippen LogP contribution >= 0.6 is 0 Å². The highest BCUT2D eigenvalue weighted by Crippen LogP contribution is 2.47. The smallest absolute Gasteiger partial charge is 0.166 e. The van der Waals surface area contributed by atoms with Crippen LogP contribution in [0.15, 0.2) is 78.0 Å². The first-order valence-corrected chi connectivity index (χ1v) is 13.4. The predicted molar refractivity (Wildman–Crippen MR) is 151 cm³/mol. The Kier molecular flexibility index (Phi) is 7.59. The summed E-state index contributed by atoms with van der Waals surface area (Å²) in [4.78, 5) is 14.0. The molecule has 1 heterocycles. The van der Waals surface area contributed by atoms with Crippen LogP contribution in [0.3, 0.4) is 0 Å². The lowest BCUT2D eigenvalue weighted by Gasteiger charge is -2.31. The molecule has 2 atom stereocenters. The number of benzene rings is 3. The number of ketones is 1. The third kappa shape index (κ3) is 5.21. The molecule has 6 heteroatoms. The number of nitrogens with one attached hydrogen (secondary N) is 2. The summed E-state index contributed by atoms with van der Waals surface area (Å²) in [6, 6.07) is 21.8. The molecule has 2 N–H and O–H groups in total. The van der Waals surface area contributed by atoms with Crippen LogP contribution in [0.2, 0.25) is 0 Å². The van der Waals surface area contributed by atoms with Gasteiger partial charge < -0.3 is 24.8 Å². The van der Waals surface area contributed by atoms with Gasteiger partial charge in [0, 0.05) is 23.3 Å². The number of methoxy groups -OCH3 is 1. The first-order chi connectivity index (χ1) is 18.5. The minimum absolute atomic E-state index is 0.0777. The van der Waals surface area contributed by atoms with Crippen molar-refractivity contribution in [3.63, 3.8) is 0 Å². The number of Topliss-reactive ketones (excluding diaryl/α,β-unsaturated/α-hetero) is 1. The lowest BCUT2D eigenvalue weighted by molar-refractivity contribution is -0.116. The highest BCUT2D eigenvalue weighted by atomic mass is 16.5. The molecule has 2 aliphatic rings. The molecule has 0 radical (unpaired) electrons. The zero-order chi connectivity index (χ0) is 26.6. The largest absolute Gasteiger partial charge is 0.493 e. The fraction of sp³-hybridized carbons (Fsp3) is 0.344. The molecule has 0 fully saturated rings. The van der Waals surface area contributed by atoms with Crippen LogP contribution in [-0.2, 0) is 4.79 Å². The van der Waals surface area contributed by atoms with Gasteiger partial charge in [-0.3, -0.25) is 4.79 Å². The van der Waals surface area contributed by atoms with Gasteiger partial charge in [0.15, 0.2) is 17.3 Å². The monoisotopic (exact) mass is 512 g/mol. The van der Waals surface area contributed by atoms with E-state index in [1.165, 1.54) is 0 Å². The Morgan fingerprint density at radius 3 is 2.42 bits per heavy atom. The molecule has 1 aliphatic carbocycles. The molecular formula is C32H36N2O4. The van der Waals surface area contributed by atoms with Crippen LogP contribution in [0.5, 0.6) is 17.2 Å². The fourth-order valence-corrected chi connectivity index (χ4v) is 5.33. The first-order valence-electron chi connectivity index (χ1n) is 13.4. The molecule has 0 spiro atoms. The molecular weight excluding hydrogens is 476 g/mol. The van der Waals surface area contributed by atoms with Crippen molar-refractivity contribution in [2.45, 2.75) is 58.1 Å². The van der Waals surface area contributed by atoms with E-state index in [0.717, 1.165) is 52.4 Å². The van der Waals surface area contributed by atoms with Crippen LogP contribution in [0.1, 0.15) is 63.1 Å². The second-order valence-electron chi connectivity index (χ2n) is 10.1. The van der Waals surface area contributed by atoms with Crippen molar-refractivity contribution < 1.29 is 19.0 Å². The van der Waals surface area contributed by atoms with Crippen molar-refractivity contribution >= 4 is 17.2 Å². The number of para-hydroxylation sites is 3. The Morgan fingerprint density at radius 1 is 0.947 bits per heavy atom. The lowest BCUT2D eigenvalue weighted by atomic mass is 9.78. The number of fused-ring (bicyclic) bond motifs is 1. The van der Waals surface area contributed by atoms with Crippen molar-refractivity contribution in [2.24, 2.45) is 0 Å². The normalized spacial score (nSPS) is 18.6. The Balaban J connectivity index is 1.57. The number of hydrogen-bond donors (Lipinski definition) is 2. The molecule has 0 bridgehead atoms. The average Bonchev–Trinajstić information content (AvgIpc) is 3.08. The second kappa shape index (κ2) is 11.2. The number of hydrogen-bond acceptors (Lipinski definition) is 6. The Labute approximate surface area is 225 Å². The van der Waals surface area contributed by atoms with Gasteiger partial charge in [-0.25, -0.2) is 0 Å². The second-order valence-corrected chi connectivity index (χ2v) is 10.1. The van der Waals surface area contributed by atoms with Gasteiger partial charge in [-0.05, 0) is 68.5 Å². The zero-order valence-electron chi connectivity index (χ0n) is 22.5. The van der Waals surface area contributed by atoms with Gasteiger partial charge in [-0.2, -0.15) is 0 Å². The molecule has 1 aliphatic heterocycles. The summed E-state index contributed by atoms with van der Waals surface area (Å²) in [6.45, 7) is 6.67. The quantitative estimate of drug-likeness (QED) is 0.331. The molecule has 0 amide bonds. The molecule has 5 rings (SSSR count). The van der Waals surface area contributed by atoms with Crippen molar-refractivity contribution in [3.8, 4) is 17.2 Å². The van der Waals surface area contributed by atoms with Gasteiger partial charge >= 0.3 is 0 Å². The van der Waals surface area contributed by atoms with Gasteiger partial charge in [0.1, 0.15) is 5.75 Å². The van der Waals surface area contributed by atoms with E-state index in [1.807, 2.05) is 68.4 Å². The van der Waals surface area contributed by atoms with E-state index in [4.69, 9.17) is 14.2 Å². The van der Waals surface area contributed by atoms with Crippen LogP contribution in [0.25, 0.3) is 0 Å². The number of ether oxygens (including phenoxy) is 3. The molecule has 6 nitrogen and oxygen atoms in total. The summed E-state index contributed by atoms with van der Waals surface area (Å²) in [6.07, 6.45) is 2.16. The van der Waals surface area contributed by atoms with Gasteiger partial charge in [0.2, 0.25) is 0 Å². The number of anilines is 2. The summed E-state index contributed by atoms with van der Waals surface area (Å²) in [5.74, 6) is 2.38. The van der Waals surface area contributed by atoms with Crippen LogP contribution < -0.4 is 24.8 Å². The van der Waals surface area contributed by atoms with Crippen molar-refractivity contribution in [2.75, 3.05) is 24.4 Å². The summed E-state index contributed by atoms with van der Waals surface area (Å²) in [5.41, 5.74) is 5.63. The first kappa shape index (κ1) is 25.7. The molecule has 2 unspecified atom stereocenters. The average molecular weight is 513 g/mol. The van der Waals surface area contributed by atoms with E-state index in [2.05, 4.69) is 29.7 Å². The minimum atomic E-state index is -0.377. The summed E-state index contributed by atoms with van der Waals surface area (Å²) in [5, 5.41) is 7.28. The van der Waals surface area contributed by atoms with Crippen LogP contribution in [-0.4, -0.2) is 25.6 Å². The summed E-state index contributed by atoms with van der Waals surface area (Å²) >= 11 is 0. The number of rotatable bonds is 8. The van der Waals surface area contributed by atoms with Gasteiger partial charge in [-0.15, -0.1) is 0 Å². The maximum Gasteiger partial charge on any atom is 0.166 e. The molecule has 0 saturated heterocycles. The van der Waals surface area contributed by atoms with Gasteiger partial charge in [0.05, 0.1) is 37.2 Å². The Bertz CT molecular complexity index is 1330. The maximum atomic E-state index is 14.0. The third-order valence-electron chi connectivity index (χ3n) is 7.02. The molecule has 0 saturated carbocycles. The maximum absolute atomic E-state index is 14.0. The molecule has 0 aromatic heterocycles. The standard InChI is InChI=1S/C32H36N2O4/c1-5-17-37-32-24(9-8-12-29(32)36-4)31-30-27(33-25-10-6-7-11-26(25)34-31)18-22(19-28(30)35)21-13-15-23(16-14-21)38-20(2)3/h6-16,20,22,31,33-34H,5,17-19H2,1-4H3. The van der Waals surface area contributed by atoms with Crippen molar-refractivity contribution in [1.29, 1.82) is 0 Å². The van der Waals surface area contributed by atoms with E-state index >= 15 is 0 Å². The van der Waals surface area contributed by atoms with E-state index in [-0.39, 0.29) is 23.8 Å². The zero-order valence-corrected chi connectivity index (χ0v) is 22.5. The van der Waals surface area contributed by atoms with E-state index in [0.29, 0.717) is 24.5 Å². The lowest BCUT2D eigenvalue weighted by Crippen LogP contribution is -2.27. The van der Waals surface area contributed by atoms with Gasteiger partial charge in [0.25, 0.3) is 0 Å². The highest BCUT2D eigenvalue weighted by molar-refractivity contribution is 6.01. The third-order valence-corrected chi connectivity index (χ3v) is 7.02. The Hall–Kier alpha value is -3.93.